The minimum atomic E-state index is 0.235. The lowest BCUT2D eigenvalue weighted by molar-refractivity contribution is 0.0710. The first-order valence-electron chi connectivity index (χ1n) is 7.93. The number of hydrogen-bond donors (Lipinski definition) is 1. The molecule has 20 heavy (non-hydrogen) atoms. The van der Waals surface area contributed by atoms with E-state index >= 15 is 0 Å². The summed E-state index contributed by atoms with van der Waals surface area (Å²) in [6.45, 7) is 4.14. The standard InChI is InChI=1S/C17H24N2O/c1-2-13-7-3-4-8-14(13)17(20)19-12-6-10-16(19)15-9-5-11-18-15/h3-4,7-8,15-16,18H,2,5-6,9-12H2,1H3. The molecule has 0 radical (unpaired) electrons. The van der Waals surface area contributed by atoms with Gasteiger partial charge in [-0.1, -0.05) is 25.1 Å². The molecule has 2 saturated heterocycles. The van der Waals surface area contributed by atoms with Gasteiger partial charge in [-0.3, -0.25) is 4.79 Å². The Morgan fingerprint density at radius 2 is 2.15 bits per heavy atom. The van der Waals surface area contributed by atoms with E-state index in [1.54, 1.807) is 0 Å². The van der Waals surface area contributed by atoms with Crippen molar-refractivity contribution >= 4 is 5.91 Å². The van der Waals surface area contributed by atoms with Crippen LogP contribution in [0.1, 0.15) is 48.5 Å². The summed E-state index contributed by atoms with van der Waals surface area (Å²) < 4.78 is 0. The predicted octanol–water partition coefficient (Wildman–Crippen LogP) is 2.61. The number of benzene rings is 1. The number of amides is 1. The Morgan fingerprint density at radius 1 is 1.30 bits per heavy atom. The van der Waals surface area contributed by atoms with Gasteiger partial charge in [-0.05, 0) is 50.3 Å². The molecule has 3 rings (SSSR count). The van der Waals surface area contributed by atoms with Gasteiger partial charge in [0.1, 0.15) is 0 Å². The number of carbonyl (C=O) groups excluding carboxylic acids is 1. The molecule has 1 N–H and O–H groups in total. The maximum Gasteiger partial charge on any atom is 0.254 e. The highest BCUT2D eigenvalue weighted by Crippen LogP contribution is 2.27. The Kier molecular flexibility index (Phi) is 4.06. The van der Waals surface area contributed by atoms with Crippen LogP contribution in [0.3, 0.4) is 0 Å². The van der Waals surface area contributed by atoms with Crippen LogP contribution in [0.25, 0.3) is 0 Å². The Labute approximate surface area is 121 Å². The molecule has 108 valence electrons. The number of hydrogen-bond acceptors (Lipinski definition) is 2. The van der Waals surface area contributed by atoms with Crippen molar-refractivity contribution in [3.63, 3.8) is 0 Å². The Morgan fingerprint density at radius 3 is 2.90 bits per heavy atom. The number of rotatable bonds is 3. The van der Waals surface area contributed by atoms with Gasteiger partial charge < -0.3 is 10.2 Å². The van der Waals surface area contributed by atoms with Crippen LogP contribution in [-0.4, -0.2) is 36.0 Å². The normalized spacial score (nSPS) is 26.1. The Hall–Kier alpha value is -1.35. The lowest BCUT2D eigenvalue weighted by atomic mass is 10.0. The van der Waals surface area contributed by atoms with Crippen molar-refractivity contribution in [1.82, 2.24) is 10.2 Å². The lowest BCUT2D eigenvalue weighted by Crippen LogP contribution is -2.46. The molecule has 2 unspecified atom stereocenters. The van der Waals surface area contributed by atoms with Crippen molar-refractivity contribution in [1.29, 1.82) is 0 Å². The van der Waals surface area contributed by atoms with Crippen LogP contribution < -0.4 is 5.32 Å². The average Bonchev–Trinajstić information content (AvgIpc) is 3.16. The van der Waals surface area contributed by atoms with Crippen molar-refractivity contribution in [2.24, 2.45) is 0 Å². The SMILES string of the molecule is CCc1ccccc1C(=O)N1CCCC1C1CCCN1. The van der Waals surface area contributed by atoms with E-state index in [9.17, 15) is 4.79 Å². The zero-order valence-corrected chi connectivity index (χ0v) is 12.3. The molecule has 0 saturated carbocycles. The van der Waals surface area contributed by atoms with Crippen LogP contribution in [-0.2, 0) is 6.42 Å². The highest BCUT2D eigenvalue weighted by Gasteiger charge is 2.36. The van der Waals surface area contributed by atoms with Gasteiger partial charge in [-0.2, -0.15) is 0 Å². The zero-order chi connectivity index (χ0) is 13.9. The lowest BCUT2D eigenvalue weighted by Gasteiger charge is -2.30. The van der Waals surface area contributed by atoms with Crippen LogP contribution in [0.2, 0.25) is 0 Å². The number of nitrogens with zero attached hydrogens (tertiary/aromatic N) is 1. The first-order valence-corrected chi connectivity index (χ1v) is 7.93. The number of nitrogens with one attached hydrogen (secondary N) is 1. The van der Waals surface area contributed by atoms with Crippen LogP contribution in [0.5, 0.6) is 0 Å². The van der Waals surface area contributed by atoms with E-state index in [1.807, 2.05) is 18.2 Å². The third kappa shape index (κ3) is 2.47. The van der Waals surface area contributed by atoms with Gasteiger partial charge in [0.2, 0.25) is 0 Å². The van der Waals surface area contributed by atoms with Gasteiger partial charge in [0.15, 0.2) is 0 Å². The average molecular weight is 272 g/mol. The summed E-state index contributed by atoms with van der Waals surface area (Å²) in [6, 6.07) is 8.97. The zero-order valence-electron chi connectivity index (χ0n) is 12.3. The van der Waals surface area contributed by atoms with Gasteiger partial charge in [0.05, 0.1) is 0 Å². The minimum Gasteiger partial charge on any atom is -0.334 e. The molecule has 2 atom stereocenters. The molecule has 3 nitrogen and oxygen atoms in total. The first-order chi connectivity index (χ1) is 9.81. The molecule has 1 aromatic rings. The van der Waals surface area contributed by atoms with Crippen molar-refractivity contribution in [2.45, 2.75) is 51.1 Å². The fourth-order valence-corrected chi connectivity index (χ4v) is 3.69. The predicted molar refractivity (Wildman–Crippen MR) is 80.9 cm³/mol. The van der Waals surface area contributed by atoms with Gasteiger partial charge >= 0.3 is 0 Å². The first kappa shape index (κ1) is 13.6. The smallest absolute Gasteiger partial charge is 0.254 e. The van der Waals surface area contributed by atoms with Gasteiger partial charge in [-0.25, -0.2) is 0 Å². The van der Waals surface area contributed by atoms with Gasteiger partial charge in [0.25, 0.3) is 5.91 Å². The third-order valence-corrected chi connectivity index (χ3v) is 4.75. The van der Waals surface area contributed by atoms with Crippen molar-refractivity contribution in [3.05, 3.63) is 35.4 Å². The van der Waals surface area contributed by atoms with E-state index in [-0.39, 0.29) is 5.91 Å². The van der Waals surface area contributed by atoms with Crippen molar-refractivity contribution in [3.8, 4) is 0 Å². The summed E-state index contributed by atoms with van der Waals surface area (Å²) in [5.74, 6) is 0.235. The Bertz CT molecular complexity index is 480. The van der Waals surface area contributed by atoms with Crippen molar-refractivity contribution < 1.29 is 4.79 Å². The summed E-state index contributed by atoms with van der Waals surface area (Å²) in [5.41, 5.74) is 2.07. The second kappa shape index (κ2) is 5.96. The fourth-order valence-electron chi connectivity index (χ4n) is 3.69. The molecule has 0 bridgehead atoms. The maximum absolute atomic E-state index is 12.9. The maximum atomic E-state index is 12.9. The molecular formula is C17H24N2O. The monoisotopic (exact) mass is 272 g/mol. The quantitative estimate of drug-likeness (QED) is 0.917. The number of carbonyl (C=O) groups is 1. The molecule has 0 spiro atoms. The third-order valence-electron chi connectivity index (χ3n) is 4.75. The molecule has 2 fully saturated rings. The summed E-state index contributed by atoms with van der Waals surface area (Å²) in [4.78, 5) is 15.0. The topological polar surface area (TPSA) is 32.3 Å². The fraction of sp³-hybridized carbons (Fsp3) is 0.588. The van der Waals surface area contributed by atoms with E-state index in [4.69, 9.17) is 0 Å². The molecule has 3 heteroatoms. The second-order valence-electron chi connectivity index (χ2n) is 5.92. The molecule has 1 aromatic carbocycles. The van der Waals surface area contributed by atoms with Crippen molar-refractivity contribution in [2.75, 3.05) is 13.1 Å². The second-order valence-corrected chi connectivity index (χ2v) is 5.92. The molecule has 0 aromatic heterocycles. The molecule has 2 aliphatic heterocycles. The summed E-state index contributed by atoms with van der Waals surface area (Å²) >= 11 is 0. The van der Waals surface area contributed by atoms with E-state index in [0.717, 1.165) is 37.9 Å². The minimum absolute atomic E-state index is 0.235. The number of aryl methyl sites for hydroxylation is 1. The van der Waals surface area contributed by atoms with Crippen LogP contribution in [0.15, 0.2) is 24.3 Å². The molecular weight excluding hydrogens is 248 g/mol. The van der Waals surface area contributed by atoms with E-state index < -0.39 is 0 Å². The van der Waals surface area contributed by atoms with E-state index in [2.05, 4.69) is 23.2 Å². The molecule has 0 aliphatic carbocycles. The summed E-state index contributed by atoms with van der Waals surface area (Å²) in [6.07, 6.45) is 5.67. The number of likely N-dealkylation sites (tertiary alicyclic amines) is 1. The van der Waals surface area contributed by atoms with Crippen LogP contribution >= 0.6 is 0 Å². The highest BCUT2D eigenvalue weighted by molar-refractivity contribution is 5.96. The van der Waals surface area contributed by atoms with E-state index in [1.165, 1.54) is 18.4 Å². The van der Waals surface area contributed by atoms with Gasteiger partial charge in [-0.15, -0.1) is 0 Å². The largest absolute Gasteiger partial charge is 0.334 e. The van der Waals surface area contributed by atoms with Crippen LogP contribution in [0, 0.1) is 0 Å². The van der Waals surface area contributed by atoms with Gasteiger partial charge in [0, 0.05) is 24.2 Å². The Balaban J connectivity index is 1.81. The molecule has 2 heterocycles. The summed E-state index contributed by atoms with van der Waals surface area (Å²) in [5, 5.41) is 3.57. The summed E-state index contributed by atoms with van der Waals surface area (Å²) in [7, 11) is 0. The van der Waals surface area contributed by atoms with Crippen LogP contribution in [0.4, 0.5) is 0 Å². The van der Waals surface area contributed by atoms with E-state index in [0.29, 0.717) is 12.1 Å². The molecule has 1 amide bonds. The molecule has 2 aliphatic rings. The highest BCUT2D eigenvalue weighted by atomic mass is 16.2.